The Morgan fingerprint density at radius 1 is 1.33 bits per heavy atom. The molecule has 1 aromatic carbocycles. The van der Waals surface area contributed by atoms with Crippen molar-refractivity contribution in [3.05, 3.63) is 55.9 Å². The van der Waals surface area contributed by atoms with Crippen molar-refractivity contribution in [2.45, 2.75) is 6.42 Å². The summed E-state index contributed by atoms with van der Waals surface area (Å²) in [6, 6.07) is 7.69. The Morgan fingerprint density at radius 3 is 2.78 bits per heavy atom. The Morgan fingerprint density at radius 2 is 2.06 bits per heavy atom. The van der Waals surface area contributed by atoms with Crippen LogP contribution in [-0.4, -0.2) is 16.7 Å². The lowest BCUT2D eigenvalue weighted by Gasteiger charge is -2.07. The zero-order valence-electron chi connectivity index (χ0n) is 9.41. The number of benzene rings is 1. The highest BCUT2D eigenvalue weighted by Crippen LogP contribution is 2.15. The number of nitrogens with zero attached hydrogens (tertiary/aromatic N) is 1. The van der Waals surface area contributed by atoms with Crippen LogP contribution in [-0.2, 0) is 6.42 Å². The second kappa shape index (κ2) is 6.02. The molecule has 0 aliphatic carbocycles. The third-order valence-corrected chi connectivity index (χ3v) is 3.48. The Bertz CT molecular complexity index is 583. The molecule has 94 valence electrons. The molecule has 0 saturated heterocycles. The summed E-state index contributed by atoms with van der Waals surface area (Å²) in [7, 11) is 0. The van der Waals surface area contributed by atoms with Gasteiger partial charge in [0, 0.05) is 11.6 Å². The summed E-state index contributed by atoms with van der Waals surface area (Å²) in [6.45, 7) is 0.714. The van der Waals surface area contributed by atoms with Gasteiger partial charge in [-0.05, 0) is 40.0 Å². The first-order valence-corrected chi connectivity index (χ1v) is 6.55. The smallest absolute Gasteiger partial charge is 0.280 e. The third-order valence-electron chi connectivity index (χ3n) is 2.44. The van der Waals surface area contributed by atoms with Crippen LogP contribution >= 0.6 is 27.5 Å². The maximum absolute atomic E-state index is 11.3. The van der Waals surface area contributed by atoms with Gasteiger partial charge in [0.2, 0.25) is 0 Å². The van der Waals surface area contributed by atoms with Crippen LogP contribution in [0.3, 0.4) is 0 Å². The standard InChI is InChI=1S/C12H11BrClN3O/c13-11-10(7-16-17-12(11)18)15-6-5-8-1-3-9(14)4-2-8/h1-4,7H,5-6H2,(H2,15,17,18). The Labute approximate surface area is 118 Å². The molecule has 2 N–H and O–H groups in total. The molecule has 0 aliphatic heterocycles. The second-order valence-corrected chi connectivity index (χ2v) is 4.96. The van der Waals surface area contributed by atoms with Crippen molar-refractivity contribution < 1.29 is 0 Å². The first-order chi connectivity index (χ1) is 8.66. The van der Waals surface area contributed by atoms with E-state index in [0.717, 1.165) is 11.4 Å². The van der Waals surface area contributed by atoms with Crippen LogP contribution in [0.5, 0.6) is 0 Å². The van der Waals surface area contributed by atoms with E-state index in [1.165, 1.54) is 5.56 Å². The van der Waals surface area contributed by atoms with Crippen molar-refractivity contribution in [2.24, 2.45) is 0 Å². The lowest BCUT2D eigenvalue weighted by atomic mass is 10.1. The molecule has 6 heteroatoms. The zero-order chi connectivity index (χ0) is 13.0. The normalized spacial score (nSPS) is 10.3. The summed E-state index contributed by atoms with van der Waals surface area (Å²) in [5, 5.41) is 9.97. The number of anilines is 1. The first kappa shape index (κ1) is 13.1. The van der Waals surface area contributed by atoms with Gasteiger partial charge in [-0.1, -0.05) is 23.7 Å². The van der Waals surface area contributed by atoms with E-state index >= 15 is 0 Å². The molecular formula is C12H11BrClN3O. The molecule has 0 amide bonds. The van der Waals surface area contributed by atoms with Gasteiger partial charge in [-0.15, -0.1) is 0 Å². The zero-order valence-corrected chi connectivity index (χ0v) is 11.8. The third kappa shape index (κ3) is 3.34. The Balaban J connectivity index is 1.94. The summed E-state index contributed by atoms with van der Waals surface area (Å²) in [6.07, 6.45) is 2.42. The maximum atomic E-state index is 11.3. The van der Waals surface area contributed by atoms with Gasteiger partial charge in [-0.25, -0.2) is 5.10 Å². The number of hydrogen-bond donors (Lipinski definition) is 2. The number of halogens is 2. The Hall–Kier alpha value is -1.33. The average molecular weight is 329 g/mol. The number of H-pyrrole nitrogens is 1. The van der Waals surface area contributed by atoms with E-state index in [9.17, 15) is 4.79 Å². The van der Waals surface area contributed by atoms with Crippen LogP contribution in [0.2, 0.25) is 5.02 Å². The highest BCUT2D eigenvalue weighted by molar-refractivity contribution is 9.10. The van der Waals surface area contributed by atoms with Gasteiger partial charge >= 0.3 is 0 Å². The quantitative estimate of drug-likeness (QED) is 0.907. The lowest BCUT2D eigenvalue weighted by Crippen LogP contribution is -2.13. The molecule has 0 atom stereocenters. The molecule has 0 bridgehead atoms. The fourth-order valence-corrected chi connectivity index (χ4v) is 1.96. The summed E-state index contributed by atoms with van der Waals surface area (Å²) in [5.74, 6) is 0. The number of hydrogen-bond acceptors (Lipinski definition) is 3. The van der Waals surface area contributed by atoms with Crippen LogP contribution in [0.25, 0.3) is 0 Å². The van der Waals surface area contributed by atoms with Crippen molar-refractivity contribution in [3.8, 4) is 0 Å². The number of aromatic nitrogens is 2. The minimum Gasteiger partial charge on any atom is -0.382 e. The molecule has 0 spiro atoms. The molecule has 0 unspecified atom stereocenters. The molecule has 2 aromatic rings. The lowest BCUT2D eigenvalue weighted by molar-refractivity contribution is 0.960. The summed E-state index contributed by atoms with van der Waals surface area (Å²) < 4.78 is 0.466. The van der Waals surface area contributed by atoms with Gasteiger partial charge in [-0.2, -0.15) is 5.10 Å². The van der Waals surface area contributed by atoms with E-state index in [2.05, 4.69) is 31.4 Å². The van der Waals surface area contributed by atoms with E-state index in [0.29, 0.717) is 16.7 Å². The van der Waals surface area contributed by atoms with Crippen molar-refractivity contribution in [2.75, 3.05) is 11.9 Å². The fourth-order valence-electron chi connectivity index (χ4n) is 1.50. The highest BCUT2D eigenvalue weighted by atomic mass is 79.9. The van der Waals surface area contributed by atoms with E-state index in [4.69, 9.17) is 11.6 Å². The van der Waals surface area contributed by atoms with E-state index in [1.807, 2.05) is 24.3 Å². The van der Waals surface area contributed by atoms with Crippen LogP contribution in [0.15, 0.2) is 39.7 Å². The molecule has 0 aliphatic rings. The fraction of sp³-hybridized carbons (Fsp3) is 0.167. The van der Waals surface area contributed by atoms with E-state index < -0.39 is 0 Å². The van der Waals surface area contributed by atoms with E-state index in [1.54, 1.807) is 6.20 Å². The molecular weight excluding hydrogens is 318 g/mol. The molecule has 2 rings (SSSR count). The Kier molecular flexibility index (Phi) is 4.38. The van der Waals surface area contributed by atoms with Gasteiger partial charge in [0.15, 0.2) is 0 Å². The number of aromatic amines is 1. The van der Waals surface area contributed by atoms with Crippen LogP contribution < -0.4 is 10.9 Å². The predicted octanol–water partition coefficient (Wildman–Crippen LogP) is 2.84. The largest absolute Gasteiger partial charge is 0.382 e. The molecule has 0 radical (unpaired) electrons. The molecule has 0 saturated carbocycles. The average Bonchev–Trinajstić information content (AvgIpc) is 2.37. The summed E-state index contributed by atoms with van der Waals surface area (Å²) in [4.78, 5) is 11.3. The highest BCUT2D eigenvalue weighted by Gasteiger charge is 2.03. The summed E-state index contributed by atoms with van der Waals surface area (Å²) in [5.41, 5.74) is 1.63. The summed E-state index contributed by atoms with van der Waals surface area (Å²) >= 11 is 9.02. The SMILES string of the molecule is O=c1[nH]ncc(NCCc2ccc(Cl)cc2)c1Br. The minimum absolute atomic E-state index is 0.244. The van der Waals surface area contributed by atoms with Gasteiger partial charge in [0.05, 0.1) is 11.9 Å². The van der Waals surface area contributed by atoms with Gasteiger partial charge < -0.3 is 5.32 Å². The molecule has 4 nitrogen and oxygen atoms in total. The molecule has 1 heterocycles. The van der Waals surface area contributed by atoms with Crippen molar-refractivity contribution in [1.82, 2.24) is 10.2 Å². The van der Waals surface area contributed by atoms with E-state index in [-0.39, 0.29) is 5.56 Å². The van der Waals surface area contributed by atoms with Gasteiger partial charge in [-0.3, -0.25) is 4.79 Å². The van der Waals surface area contributed by atoms with Gasteiger partial charge in [0.1, 0.15) is 4.47 Å². The minimum atomic E-state index is -0.244. The topological polar surface area (TPSA) is 57.8 Å². The predicted molar refractivity (Wildman–Crippen MR) is 76.2 cm³/mol. The van der Waals surface area contributed by atoms with Crippen LogP contribution in [0.4, 0.5) is 5.69 Å². The van der Waals surface area contributed by atoms with Gasteiger partial charge in [0.25, 0.3) is 5.56 Å². The number of rotatable bonds is 4. The molecule has 0 fully saturated rings. The monoisotopic (exact) mass is 327 g/mol. The van der Waals surface area contributed by atoms with Crippen molar-refractivity contribution >= 4 is 33.2 Å². The number of nitrogens with one attached hydrogen (secondary N) is 2. The first-order valence-electron chi connectivity index (χ1n) is 5.38. The van der Waals surface area contributed by atoms with Crippen molar-refractivity contribution in [1.29, 1.82) is 0 Å². The maximum Gasteiger partial charge on any atom is 0.280 e. The second-order valence-electron chi connectivity index (χ2n) is 3.73. The van der Waals surface area contributed by atoms with Crippen LogP contribution in [0.1, 0.15) is 5.56 Å². The molecule has 1 aromatic heterocycles. The van der Waals surface area contributed by atoms with Crippen LogP contribution in [0, 0.1) is 0 Å². The van der Waals surface area contributed by atoms with Crippen molar-refractivity contribution in [3.63, 3.8) is 0 Å². The molecule has 18 heavy (non-hydrogen) atoms.